The van der Waals surface area contributed by atoms with Crippen LogP contribution in [0.25, 0.3) is 0 Å². The van der Waals surface area contributed by atoms with Gasteiger partial charge in [0.2, 0.25) is 5.91 Å². The molecule has 19 heavy (non-hydrogen) atoms. The summed E-state index contributed by atoms with van der Waals surface area (Å²) in [5.41, 5.74) is 0. The standard InChI is InChI=1S/C15H27N3O/c1-4-13-16-14(10(2)3)15(19)18(13)12-7-8-17(9-12)11-5-6-11/h10-14,16H,4-9H2,1-3H3. The third kappa shape index (κ3) is 2.40. The van der Waals surface area contributed by atoms with E-state index in [0.717, 1.165) is 25.4 Å². The van der Waals surface area contributed by atoms with Crippen LogP contribution >= 0.6 is 0 Å². The average molecular weight is 265 g/mol. The molecule has 3 fully saturated rings. The molecule has 1 aliphatic carbocycles. The zero-order valence-corrected chi connectivity index (χ0v) is 12.4. The number of likely N-dealkylation sites (tertiary alicyclic amines) is 1. The zero-order valence-electron chi connectivity index (χ0n) is 12.4. The molecule has 3 unspecified atom stereocenters. The number of nitrogens with zero attached hydrogens (tertiary/aromatic N) is 2. The van der Waals surface area contributed by atoms with E-state index in [9.17, 15) is 4.79 Å². The summed E-state index contributed by atoms with van der Waals surface area (Å²) in [6.07, 6.45) is 5.15. The van der Waals surface area contributed by atoms with Crippen molar-refractivity contribution in [1.29, 1.82) is 0 Å². The molecule has 0 bridgehead atoms. The highest BCUT2D eigenvalue weighted by Gasteiger charge is 2.45. The lowest BCUT2D eigenvalue weighted by Crippen LogP contribution is -2.45. The monoisotopic (exact) mass is 265 g/mol. The number of hydrogen-bond acceptors (Lipinski definition) is 3. The van der Waals surface area contributed by atoms with E-state index in [1.807, 2.05) is 0 Å². The molecule has 4 nitrogen and oxygen atoms in total. The lowest BCUT2D eigenvalue weighted by molar-refractivity contribution is -0.132. The second-order valence-electron chi connectivity index (χ2n) is 6.73. The number of hydrogen-bond donors (Lipinski definition) is 1. The minimum Gasteiger partial charge on any atom is -0.321 e. The van der Waals surface area contributed by atoms with E-state index in [1.54, 1.807) is 0 Å². The fourth-order valence-electron chi connectivity index (χ4n) is 3.67. The Morgan fingerprint density at radius 1 is 1.26 bits per heavy atom. The van der Waals surface area contributed by atoms with Gasteiger partial charge in [0, 0.05) is 25.2 Å². The zero-order chi connectivity index (χ0) is 13.6. The SMILES string of the molecule is CCC1NC(C(C)C)C(=O)N1C1CCN(C2CC2)C1. The Kier molecular flexibility index (Phi) is 3.56. The number of amides is 1. The van der Waals surface area contributed by atoms with E-state index in [0.29, 0.717) is 17.9 Å². The quantitative estimate of drug-likeness (QED) is 0.835. The van der Waals surface area contributed by atoms with Crippen molar-refractivity contribution in [3.8, 4) is 0 Å². The van der Waals surface area contributed by atoms with Crippen LogP contribution in [0.5, 0.6) is 0 Å². The van der Waals surface area contributed by atoms with Crippen LogP contribution in [0.3, 0.4) is 0 Å². The van der Waals surface area contributed by atoms with Crippen LogP contribution in [-0.4, -0.2) is 53.1 Å². The first-order valence-corrected chi connectivity index (χ1v) is 7.94. The van der Waals surface area contributed by atoms with Crippen molar-refractivity contribution in [3.05, 3.63) is 0 Å². The summed E-state index contributed by atoms with van der Waals surface area (Å²) in [6, 6.07) is 1.30. The van der Waals surface area contributed by atoms with Gasteiger partial charge >= 0.3 is 0 Å². The van der Waals surface area contributed by atoms with Crippen molar-refractivity contribution >= 4 is 5.91 Å². The topological polar surface area (TPSA) is 35.6 Å². The van der Waals surface area contributed by atoms with Gasteiger partial charge in [0.05, 0.1) is 12.2 Å². The number of carbonyl (C=O) groups is 1. The molecule has 0 aromatic heterocycles. The molecule has 0 aromatic carbocycles. The maximum Gasteiger partial charge on any atom is 0.241 e. The Morgan fingerprint density at radius 3 is 2.58 bits per heavy atom. The van der Waals surface area contributed by atoms with Crippen LogP contribution in [0.15, 0.2) is 0 Å². The molecule has 3 aliphatic rings. The molecule has 4 heteroatoms. The van der Waals surface area contributed by atoms with Crippen LogP contribution in [0, 0.1) is 5.92 Å². The highest BCUT2D eigenvalue weighted by atomic mass is 16.2. The molecular formula is C15H27N3O. The lowest BCUT2D eigenvalue weighted by Gasteiger charge is -2.29. The average Bonchev–Trinajstić information content (AvgIpc) is 3.02. The van der Waals surface area contributed by atoms with Gasteiger partial charge in [-0.05, 0) is 31.6 Å². The van der Waals surface area contributed by atoms with Crippen molar-refractivity contribution < 1.29 is 4.79 Å². The predicted molar refractivity (Wildman–Crippen MR) is 75.7 cm³/mol. The fraction of sp³-hybridized carbons (Fsp3) is 0.933. The maximum atomic E-state index is 12.6. The Balaban J connectivity index is 1.69. The number of carbonyl (C=O) groups excluding carboxylic acids is 1. The molecule has 2 aliphatic heterocycles. The van der Waals surface area contributed by atoms with Gasteiger partial charge in [-0.3, -0.25) is 15.0 Å². The smallest absolute Gasteiger partial charge is 0.241 e. The largest absolute Gasteiger partial charge is 0.321 e. The summed E-state index contributed by atoms with van der Waals surface area (Å²) in [5.74, 6) is 0.719. The summed E-state index contributed by atoms with van der Waals surface area (Å²) < 4.78 is 0. The van der Waals surface area contributed by atoms with E-state index >= 15 is 0 Å². The Hall–Kier alpha value is -0.610. The third-order valence-electron chi connectivity index (χ3n) is 4.93. The fourth-order valence-corrected chi connectivity index (χ4v) is 3.67. The molecule has 3 rings (SSSR count). The van der Waals surface area contributed by atoms with Crippen LogP contribution in [0.4, 0.5) is 0 Å². The van der Waals surface area contributed by atoms with Crippen molar-refractivity contribution in [1.82, 2.24) is 15.1 Å². The second-order valence-corrected chi connectivity index (χ2v) is 6.73. The Morgan fingerprint density at radius 2 is 2.00 bits per heavy atom. The van der Waals surface area contributed by atoms with Crippen molar-refractivity contribution in [2.24, 2.45) is 5.92 Å². The van der Waals surface area contributed by atoms with E-state index < -0.39 is 0 Å². The van der Waals surface area contributed by atoms with Gasteiger partial charge in [-0.25, -0.2) is 0 Å². The van der Waals surface area contributed by atoms with E-state index in [-0.39, 0.29) is 12.2 Å². The van der Waals surface area contributed by atoms with Gasteiger partial charge in [-0.1, -0.05) is 20.8 Å². The molecule has 3 atom stereocenters. The maximum absolute atomic E-state index is 12.6. The number of rotatable bonds is 4. The third-order valence-corrected chi connectivity index (χ3v) is 4.93. The first-order chi connectivity index (χ1) is 9.11. The molecule has 1 amide bonds. The molecule has 2 saturated heterocycles. The van der Waals surface area contributed by atoms with E-state index in [2.05, 4.69) is 35.9 Å². The van der Waals surface area contributed by atoms with Gasteiger partial charge in [-0.2, -0.15) is 0 Å². The lowest BCUT2D eigenvalue weighted by atomic mass is 10.0. The summed E-state index contributed by atoms with van der Waals surface area (Å²) in [4.78, 5) is 17.4. The van der Waals surface area contributed by atoms with E-state index in [1.165, 1.54) is 19.4 Å². The normalized spacial score (nSPS) is 36.7. The Labute approximate surface area is 116 Å². The first kappa shape index (κ1) is 13.4. The minimum absolute atomic E-state index is 0.0277. The van der Waals surface area contributed by atoms with Gasteiger partial charge in [0.1, 0.15) is 0 Å². The molecule has 0 spiro atoms. The van der Waals surface area contributed by atoms with Crippen LogP contribution in [0.2, 0.25) is 0 Å². The van der Waals surface area contributed by atoms with Crippen LogP contribution in [-0.2, 0) is 4.79 Å². The Bertz CT molecular complexity index is 353. The predicted octanol–water partition coefficient (Wildman–Crippen LogP) is 1.42. The highest BCUT2D eigenvalue weighted by Crippen LogP contribution is 2.33. The van der Waals surface area contributed by atoms with Crippen molar-refractivity contribution in [2.75, 3.05) is 13.1 Å². The molecule has 2 heterocycles. The molecular weight excluding hydrogens is 238 g/mol. The van der Waals surface area contributed by atoms with Gasteiger partial charge < -0.3 is 4.90 Å². The molecule has 0 radical (unpaired) electrons. The molecule has 1 saturated carbocycles. The molecule has 1 N–H and O–H groups in total. The van der Waals surface area contributed by atoms with Crippen molar-refractivity contribution in [3.63, 3.8) is 0 Å². The van der Waals surface area contributed by atoms with Gasteiger partial charge in [0.15, 0.2) is 0 Å². The number of nitrogens with one attached hydrogen (secondary N) is 1. The molecule has 108 valence electrons. The van der Waals surface area contributed by atoms with Crippen LogP contribution in [0.1, 0.15) is 46.5 Å². The van der Waals surface area contributed by atoms with Crippen molar-refractivity contribution in [2.45, 2.75) is 70.7 Å². The van der Waals surface area contributed by atoms with E-state index in [4.69, 9.17) is 0 Å². The van der Waals surface area contributed by atoms with Gasteiger partial charge in [-0.15, -0.1) is 0 Å². The second kappa shape index (κ2) is 5.06. The summed E-state index contributed by atoms with van der Waals surface area (Å²) in [7, 11) is 0. The minimum atomic E-state index is 0.0277. The summed E-state index contributed by atoms with van der Waals surface area (Å²) in [5, 5.41) is 3.53. The highest BCUT2D eigenvalue weighted by molar-refractivity contribution is 5.85. The summed E-state index contributed by atoms with van der Waals surface area (Å²) >= 11 is 0. The summed E-state index contributed by atoms with van der Waals surface area (Å²) in [6.45, 7) is 8.73. The molecule has 0 aromatic rings. The first-order valence-electron chi connectivity index (χ1n) is 7.94. The van der Waals surface area contributed by atoms with Crippen LogP contribution < -0.4 is 5.32 Å². The van der Waals surface area contributed by atoms with Gasteiger partial charge in [0.25, 0.3) is 0 Å².